The maximum Gasteiger partial charge on any atom is 0.224 e. The van der Waals surface area contributed by atoms with Gasteiger partial charge < -0.3 is 10.4 Å². The molecule has 2 aromatic rings. The van der Waals surface area contributed by atoms with Crippen LogP contribution < -0.4 is 5.32 Å². The van der Waals surface area contributed by atoms with Crippen molar-refractivity contribution in [1.82, 2.24) is 4.98 Å². The largest absolute Gasteiger partial charge is 0.392 e. The zero-order valence-electron chi connectivity index (χ0n) is 10.8. The summed E-state index contributed by atoms with van der Waals surface area (Å²) in [5, 5.41) is 11.8. The van der Waals surface area contributed by atoms with Crippen molar-refractivity contribution in [2.75, 3.05) is 5.32 Å². The summed E-state index contributed by atoms with van der Waals surface area (Å²) in [6.07, 6.45) is 3.34. The molecule has 0 aliphatic heterocycles. The maximum atomic E-state index is 12.9. The molecule has 0 atom stereocenters. The Morgan fingerprint density at radius 3 is 2.85 bits per heavy atom. The number of carbonyl (C=O) groups excluding carboxylic acids is 1. The number of hydrogen-bond acceptors (Lipinski definition) is 3. The van der Waals surface area contributed by atoms with Crippen LogP contribution in [0.25, 0.3) is 0 Å². The molecule has 4 nitrogen and oxygen atoms in total. The van der Waals surface area contributed by atoms with Gasteiger partial charge in [-0.05, 0) is 35.7 Å². The van der Waals surface area contributed by atoms with Crippen molar-refractivity contribution in [2.24, 2.45) is 0 Å². The van der Waals surface area contributed by atoms with Crippen LogP contribution >= 0.6 is 0 Å². The van der Waals surface area contributed by atoms with E-state index in [1.54, 1.807) is 30.5 Å². The summed E-state index contributed by atoms with van der Waals surface area (Å²) in [5.74, 6) is -0.567. The fourth-order valence-corrected chi connectivity index (χ4v) is 1.82. The minimum absolute atomic E-state index is 0.0708. The molecule has 0 saturated heterocycles. The van der Waals surface area contributed by atoms with Crippen LogP contribution in [0.1, 0.15) is 17.5 Å². The third-order valence-electron chi connectivity index (χ3n) is 2.80. The van der Waals surface area contributed by atoms with Gasteiger partial charge in [0.15, 0.2) is 0 Å². The van der Waals surface area contributed by atoms with Gasteiger partial charge in [-0.1, -0.05) is 12.1 Å². The van der Waals surface area contributed by atoms with Crippen LogP contribution in [0.5, 0.6) is 0 Å². The van der Waals surface area contributed by atoms with Crippen LogP contribution in [-0.4, -0.2) is 16.0 Å². The average Bonchev–Trinajstić information content (AvgIpc) is 2.45. The first-order valence-corrected chi connectivity index (χ1v) is 6.26. The van der Waals surface area contributed by atoms with E-state index >= 15 is 0 Å². The molecule has 0 spiro atoms. The average molecular weight is 274 g/mol. The Kier molecular flexibility index (Phi) is 4.79. The van der Waals surface area contributed by atoms with Crippen molar-refractivity contribution in [3.05, 3.63) is 59.7 Å². The number of carbonyl (C=O) groups is 1. The molecular weight excluding hydrogens is 259 g/mol. The Morgan fingerprint density at radius 2 is 2.10 bits per heavy atom. The van der Waals surface area contributed by atoms with Crippen LogP contribution in [0.15, 0.2) is 42.7 Å². The molecule has 2 rings (SSSR count). The molecule has 0 unspecified atom stereocenters. The van der Waals surface area contributed by atoms with Gasteiger partial charge in [-0.3, -0.25) is 9.78 Å². The molecule has 5 heteroatoms. The molecule has 0 saturated carbocycles. The predicted octanol–water partition coefficient (Wildman–Crippen LogP) is 2.28. The molecule has 104 valence electrons. The lowest BCUT2D eigenvalue weighted by Crippen LogP contribution is -2.12. The zero-order chi connectivity index (χ0) is 14.4. The summed E-state index contributed by atoms with van der Waals surface area (Å²) in [6.45, 7) is -0.0708. The summed E-state index contributed by atoms with van der Waals surface area (Å²) < 4.78 is 12.9. The number of rotatable bonds is 5. The fourth-order valence-electron chi connectivity index (χ4n) is 1.82. The first-order chi connectivity index (χ1) is 9.67. The number of pyridine rings is 1. The van der Waals surface area contributed by atoms with Crippen molar-refractivity contribution in [3.8, 4) is 0 Å². The number of nitrogens with one attached hydrogen (secondary N) is 1. The highest BCUT2D eigenvalue weighted by molar-refractivity contribution is 5.90. The number of aliphatic hydroxyl groups excluding tert-OH is 1. The van der Waals surface area contributed by atoms with E-state index in [9.17, 15) is 9.18 Å². The number of halogens is 1. The van der Waals surface area contributed by atoms with Crippen LogP contribution in [0, 0.1) is 5.82 Å². The minimum atomic E-state index is -0.404. The lowest BCUT2D eigenvalue weighted by atomic mass is 10.1. The van der Waals surface area contributed by atoms with E-state index in [0.29, 0.717) is 17.7 Å². The quantitative estimate of drug-likeness (QED) is 0.879. The van der Waals surface area contributed by atoms with E-state index in [1.165, 1.54) is 6.07 Å². The van der Waals surface area contributed by atoms with Gasteiger partial charge in [0.25, 0.3) is 0 Å². The highest BCUT2D eigenvalue weighted by atomic mass is 19.1. The van der Waals surface area contributed by atoms with Crippen LogP contribution in [0.4, 0.5) is 10.1 Å². The Morgan fingerprint density at radius 1 is 1.25 bits per heavy atom. The van der Waals surface area contributed by atoms with E-state index in [4.69, 9.17) is 5.11 Å². The molecule has 20 heavy (non-hydrogen) atoms. The number of nitrogens with zero attached hydrogens (tertiary/aromatic N) is 1. The second-order valence-corrected chi connectivity index (χ2v) is 4.42. The van der Waals surface area contributed by atoms with Crippen molar-refractivity contribution < 1.29 is 14.3 Å². The van der Waals surface area contributed by atoms with E-state index < -0.39 is 5.82 Å². The molecular formula is C15H15FN2O2. The molecule has 1 heterocycles. The summed E-state index contributed by atoms with van der Waals surface area (Å²) in [4.78, 5) is 15.5. The summed E-state index contributed by atoms with van der Waals surface area (Å²) in [5.41, 5.74) is 2.06. The Labute approximate surface area is 116 Å². The molecule has 0 aliphatic rings. The first kappa shape index (κ1) is 14.1. The Balaban J connectivity index is 1.89. The first-order valence-electron chi connectivity index (χ1n) is 6.26. The summed E-state index contributed by atoms with van der Waals surface area (Å²) in [7, 11) is 0. The van der Waals surface area contributed by atoms with Gasteiger partial charge in [-0.15, -0.1) is 0 Å². The molecule has 1 aromatic carbocycles. The summed E-state index contributed by atoms with van der Waals surface area (Å²) >= 11 is 0. The second kappa shape index (κ2) is 6.77. The molecule has 1 aromatic heterocycles. The highest BCUT2D eigenvalue weighted by Crippen LogP contribution is 2.11. The standard InChI is InChI=1S/C15H15FN2O2/c16-13-6-11(8-17-9-13)4-5-15(20)18-14-3-1-2-12(7-14)10-19/h1-3,6-9,19H,4-5,10H2,(H,18,20). The number of benzene rings is 1. The van der Waals surface area contributed by atoms with Gasteiger partial charge in [0, 0.05) is 18.3 Å². The van der Waals surface area contributed by atoms with E-state index in [2.05, 4.69) is 10.3 Å². The normalized spacial score (nSPS) is 10.3. The Bertz CT molecular complexity index is 602. The number of anilines is 1. The lowest BCUT2D eigenvalue weighted by Gasteiger charge is -2.06. The van der Waals surface area contributed by atoms with E-state index in [1.807, 2.05) is 0 Å². The van der Waals surface area contributed by atoms with Crippen molar-refractivity contribution in [2.45, 2.75) is 19.4 Å². The van der Waals surface area contributed by atoms with Crippen LogP contribution in [0.2, 0.25) is 0 Å². The van der Waals surface area contributed by atoms with Crippen LogP contribution in [-0.2, 0) is 17.8 Å². The number of aryl methyl sites for hydroxylation is 1. The molecule has 0 aliphatic carbocycles. The zero-order valence-corrected chi connectivity index (χ0v) is 10.8. The minimum Gasteiger partial charge on any atom is -0.392 e. The number of aromatic nitrogens is 1. The topological polar surface area (TPSA) is 62.2 Å². The smallest absolute Gasteiger partial charge is 0.224 e. The van der Waals surface area contributed by atoms with E-state index in [-0.39, 0.29) is 18.9 Å². The lowest BCUT2D eigenvalue weighted by molar-refractivity contribution is -0.116. The van der Waals surface area contributed by atoms with E-state index in [0.717, 1.165) is 11.8 Å². The number of aliphatic hydroxyl groups is 1. The molecule has 1 amide bonds. The summed E-state index contributed by atoms with van der Waals surface area (Å²) in [6, 6.07) is 8.36. The van der Waals surface area contributed by atoms with Gasteiger partial charge in [0.2, 0.25) is 5.91 Å². The van der Waals surface area contributed by atoms with Gasteiger partial charge in [-0.25, -0.2) is 4.39 Å². The highest BCUT2D eigenvalue weighted by Gasteiger charge is 2.04. The predicted molar refractivity (Wildman–Crippen MR) is 73.5 cm³/mol. The monoisotopic (exact) mass is 274 g/mol. The third-order valence-corrected chi connectivity index (χ3v) is 2.80. The maximum absolute atomic E-state index is 12.9. The number of hydrogen-bond donors (Lipinski definition) is 2. The fraction of sp³-hybridized carbons (Fsp3) is 0.200. The second-order valence-electron chi connectivity index (χ2n) is 4.42. The molecule has 0 radical (unpaired) electrons. The molecule has 2 N–H and O–H groups in total. The molecule has 0 fully saturated rings. The third kappa shape index (κ3) is 4.13. The van der Waals surface area contributed by atoms with Crippen molar-refractivity contribution in [1.29, 1.82) is 0 Å². The van der Waals surface area contributed by atoms with Gasteiger partial charge in [0.05, 0.1) is 12.8 Å². The van der Waals surface area contributed by atoms with Gasteiger partial charge >= 0.3 is 0 Å². The number of amides is 1. The van der Waals surface area contributed by atoms with Gasteiger partial charge in [0.1, 0.15) is 5.82 Å². The molecule has 0 bridgehead atoms. The van der Waals surface area contributed by atoms with Crippen molar-refractivity contribution in [3.63, 3.8) is 0 Å². The SMILES string of the molecule is O=C(CCc1cncc(F)c1)Nc1cccc(CO)c1. The van der Waals surface area contributed by atoms with Gasteiger partial charge in [-0.2, -0.15) is 0 Å². The van der Waals surface area contributed by atoms with Crippen LogP contribution in [0.3, 0.4) is 0 Å². The van der Waals surface area contributed by atoms with Crippen molar-refractivity contribution >= 4 is 11.6 Å². The Hall–Kier alpha value is -2.27.